The van der Waals surface area contributed by atoms with E-state index in [1.165, 1.54) is 0 Å². The molecule has 2 heterocycles. The van der Waals surface area contributed by atoms with Gasteiger partial charge in [0.05, 0.1) is 44.6 Å². The molecule has 4 N–H and O–H groups in total. The minimum absolute atomic E-state index is 0. The maximum Gasteiger partial charge on any atom is 0.262 e. The molecule has 0 aliphatic rings. The third-order valence-corrected chi connectivity index (χ3v) is 11.4. The summed E-state index contributed by atoms with van der Waals surface area (Å²) in [6.07, 6.45) is 0.724. The van der Waals surface area contributed by atoms with Gasteiger partial charge in [0.25, 0.3) is 11.5 Å². The van der Waals surface area contributed by atoms with Crippen molar-refractivity contribution in [3.05, 3.63) is 188 Å². The Labute approximate surface area is 374 Å². The predicted octanol–water partition coefficient (Wildman–Crippen LogP) is 13.3. The number of phenols is 2. The summed E-state index contributed by atoms with van der Waals surface area (Å²) in [7, 11) is 0. The quantitative estimate of drug-likeness (QED) is 0.0620. The molecule has 0 saturated heterocycles. The van der Waals surface area contributed by atoms with Crippen LogP contribution < -0.4 is 0 Å². The van der Waals surface area contributed by atoms with Crippen LogP contribution in [-0.2, 0) is 25.8 Å². The zero-order valence-electron chi connectivity index (χ0n) is 34.5. The first-order valence-electron chi connectivity index (χ1n) is 20.1. The molecule has 0 amide bonds. The number of hydrogen-bond donors (Lipinski definition) is 2. The minimum Gasteiger partial charge on any atom is -0.582 e. The second-order valence-corrected chi connectivity index (χ2v) is 15.3. The van der Waals surface area contributed by atoms with Gasteiger partial charge in [0.15, 0.2) is 13.2 Å². The molecule has 10 aromatic rings. The molecule has 7 heteroatoms. The SMILES string of the molecule is Cc1cc(-c2ccccc2[OH+]CCC[OH+]c2ccccc2-c2cc(C)cc(-n3c4ccccc4c4ccccc43)c2O)c(O)c(-n2c3ccccc3c3ccccc32)c1.[CH3-].[Hf]. The number of aryl methyl sites for hydroxylation is 2. The van der Waals surface area contributed by atoms with Crippen LogP contribution in [0, 0.1) is 21.3 Å². The number of rotatable bonds is 10. The fourth-order valence-electron chi connectivity index (χ4n) is 8.78. The molecule has 300 valence electrons. The van der Waals surface area contributed by atoms with E-state index in [-0.39, 0.29) is 44.8 Å². The molecule has 0 radical (unpaired) electrons. The third-order valence-electron chi connectivity index (χ3n) is 11.4. The fraction of sp³-hybridized carbons (Fsp3) is 0.0926. The van der Waals surface area contributed by atoms with Crippen molar-refractivity contribution in [2.45, 2.75) is 20.3 Å². The minimum atomic E-state index is 0. The second kappa shape index (κ2) is 17.2. The molecule has 0 atom stereocenters. The monoisotopic (exact) mass is 967 g/mol. The molecule has 0 spiro atoms. The maximum atomic E-state index is 12.0. The van der Waals surface area contributed by atoms with Gasteiger partial charge >= 0.3 is 0 Å². The van der Waals surface area contributed by atoms with Gasteiger partial charge in [0.1, 0.15) is 17.9 Å². The molecule has 0 saturated carbocycles. The van der Waals surface area contributed by atoms with E-state index in [1.54, 1.807) is 0 Å². The van der Waals surface area contributed by atoms with Crippen LogP contribution in [0.25, 0.3) is 77.2 Å². The van der Waals surface area contributed by atoms with Crippen LogP contribution in [0.4, 0.5) is 0 Å². The molecule has 10 rings (SSSR count). The van der Waals surface area contributed by atoms with Crippen LogP contribution in [0.15, 0.2) is 170 Å². The van der Waals surface area contributed by atoms with Crippen LogP contribution in [0.1, 0.15) is 17.5 Å². The molecular formula is C54H47HfN2O4+. The molecule has 0 aliphatic carbocycles. The van der Waals surface area contributed by atoms with Crippen molar-refractivity contribution in [1.82, 2.24) is 9.13 Å². The third kappa shape index (κ3) is 7.27. The number of phenolic OH excluding ortho intramolecular Hbond substituents is 2. The Kier molecular flexibility index (Phi) is 11.6. The maximum absolute atomic E-state index is 12.0. The van der Waals surface area contributed by atoms with Gasteiger partial charge in [-0.3, -0.25) is 0 Å². The Morgan fingerprint density at radius 3 is 1.08 bits per heavy atom. The summed E-state index contributed by atoms with van der Waals surface area (Å²) in [6.45, 7) is 5.26. The van der Waals surface area contributed by atoms with Crippen LogP contribution >= 0.6 is 0 Å². The number of ether oxygens (including phenoxy) is 2. The summed E-state index contributed by atoms with van der Waals surface area (Å²) in [5.74, 6) is 2.09. The molecule has 8 aromatic carbocycles. The summed E-state index contributed by atoms with van der Waals surface area (Å²) in [4.78, 5) is 0. The first-order chi connectivity index (χ1) is 29.0. The smallest absolute Gasteiger partial charge is 0.262 e. The molecule has 0 bridgehead atoms. The molecule has 0 fully saturated rings. The summed E-state index contributed by atoms with van der Waals surface area (Å²) in [6, 6.07) is 57.6. The Bertz CT molecular complexity index is 2900. The van der Waals surface area contributed by atoms with E-state index in [0.29, 0.717) is 13.2 Å². The summed E-state index contributed by atoms with van der Waals surface area (Å²) < 4.78 is 14.4. The molecule has 6 nitrogen and oxygen atoms in total. The van der Waals surface area contributed by atoms with E-state index in [1.807, 2.05) is 84.9 Å². The number of aromatic nitrogens is 2. The van der Waals surface area contributed by atoms with E-state index in [4.69, 9.17) is 9.47 Å². The average Bonchev–Trinajstić information content (AvgIpc) is 3.78. The number of para-hydroxylation sites is 6. The molecule has 61 heavy (non-hydrogen) atoms. The van der Waals surface area contributed by atoms with Crippen LogP contribution in [0.5, 0.6) is 23.0 Å². The van der Waals surface area contributed by atoms with Gasteiger partial charge in [-0.2, -0.15) is 0 Å². The first-order valence-corrected chi connectivity index (χ1v) is 20.1. The van der Waals surface area contributed by atoms with E-state index < -0.39 is 0 Å². The summed E-state index contributed by atoms with van der Waals surface area (Å²) in [5, 5.41) is 28.7. The summed E-state index contributed by atoms with van der Waals surface area (Å²) >= 11 is 0. The summed E-state index contributed by atoms with van der Waals surface area (Å²) in [5.41, 5.74) is 11.0. The van der Waals surface area contributed by atoms with Gasteiger partial charge in [-0.25, -0.2) is 0 Å². The largest absolute Gasteiger partial charge is 0.582 e. The van der Waals surface area contributed by atoms with Gasteiger partial charge < -0.3 is 36.2 Å². The van der Waals surface area contributed by atoms with Crippen molar-refractivity contribution in [2.24, 2.45) is 0 Å². The van der Waals surface area contributed by atoms with E-state index in [0.717, 1.165) is 106 Å². The zero-order chi connectivity index (χ0) is 40.0. The van der Waals surface area contributed by atoms with E-state index in [2.05, 4.69) is 108 Å². The van der Waals surface area contributed by atoms with Gasteiger partial charge in [0.2, 0.25) is 0 Å². The standard InChI is InChI=1S/C53H42N2O4.CH3.Hf/c1-34-30-42(52(56)48(32-34)54-44-22-9-3-16-36(44)37-17-4-10-23-45(37)54)40-20-7-13-26-50(40)58-28-15-29-59-51-27-14-8-21-41(51)43-31-35(2)33-49(53(43)57)55-46-24-11-5-18-38(46)39-19-6-12-25-47(39)55;;/h3-14,16-27,30-33,56-57H,15,28-29H2,1-2H3;1H3;/q;-1;/p+2. The zero-order valence-corrected chi connectivity index (χ0v) is 38.1. The molecule has 0 aliphatic heterocycles. The number of benzene rings is 8. The Morgan fingerprint density at radius 2 is 0.721 bits per heavy atom. The Hall–Kier alpha value is -6.57. The number of aliphatic hydroxyl groups is 2. The van der Waals surface area contributed by atoms with Crippen LogP contribution in [0.3, 0.4) is 0 Å². The fourth-order valence-corrected chi connectivity index (χ4v) is 8.78. The Balaban J connectivity index is 0.00000257. The number of hydrogen-bond acceptors (Lipinski definition) is 2. The van der Waals surface area contributed by atoms with Crippen LogP contribution in [0.2, 0.25) is 0 Å². The van der Waals surface area contributed by atoms with Gasteiger partial charge in [-0.05, 0) is 85.6 Å². The first kappa shape index (κ1) is 41.2. The number of fused-ring (bicyclic) bond motifs is 6. The number of aromatic hydroxyl groups is 4. The van der Waals surface area contributed by atoms with Crippen molar-refractivity contribution in [3.63, 3.8) is 0 Å². The van der Waals surface area contributed by atoms with Crippen molar-refractivity contribution >= 4 is 43.6 Å². The molecule has 2 aromatic heterocycles. The number of nitrogens with zero attached hydrogens (tertiary/aromatic N) is 2. The molecule has 0 unspecified atom stereocenters. The van der Waals surface area contributed by atoms with Gasteiger partial charge in [0, 0.05) is 70.6 Å². The van der Waals surface area contributed by atoms with Gasteiger partial charge in [-0.1, -0.05) is 97.1 Å². The molecular weight excluding hydrogens is 919 g/mol. The Morgan fingerprint density at radius 1 is 0.410 bits per heavy atom. The topological polar surface area (TPSA) is 75.9 Å². The van der Waals surface area contributed by atoms with Gasteiger partial charge in [-0.15, -0.1) is 0 Å². The van der Waals surface area contributed by atoms with Crippen molar-refractivity contribution in [1.29, 1.82) is 0 Å². The van der Waals surface area contributed by atoms with Crippen molar-refractivity contribution < 1.29 is 45.5 Å². The van der Waals surface area contributed by atoms with Crippen molar-refractivity contribution in [2.75, 3.05) is 13.2 Å². The second-order valence-electron chi connectivity index (χ2n) is 15.3. The van der Waals surface area contributed by atoms with E-state index >= 15 is 0 Å². The van der Waals surface area contributed by atoms with E-state index in [9.17, 15) is 10.2 Å². The normalized spacial score (nSPS) is 11.2. The average molecular weight is 966 g/mol. The van der Waals surface area contributed by atoms with Crippen molar-refractivity contribution in [3.8, 4) is 56.6 Å². The predicted molar refractivity (Wildman–Crippen MR) is 249 cm³/mol. The van der Waals surface area contributed by atoms with Crippen LogP contribution in [-0.4, -0.2) is 42.0 Å².